The highest BCUT2D eigenvalue weighted by molar-refractivity contribution is 5.98. The van der Waals surface area contributed by atoms with Gasteiger partial charge in [0.15, 0.2) is 17.5 Å². The molecule has 0 bridgehead atoms. The zero-order chi connectivity index (χ0) is 30.6. The van der Waals surface area contributed by atoms with Gasteiger partial charge in [-0.05, 0) is 31.0 Å². The number of nitrogens with one attached hydrogen (secondary N) is 1. The van der Waals surface area contributed by atoms with Crippen molar-refractivity contribution in [3.05, 3.63) is 84.2 Å². The van der Waals surface area contributed by atoms with Crippen LogP contribution in [0, 0.1) is 5.92 Å². The topological polar surface area (TPSA) is 132 Å². The molecule has 0 saturated carbocycles. The summed E-state index contributed by atoms with van der Waals surface area (Å²) in [6.07, 6.45) is 0.804. The number of cyclic esters (lactones) is 1. The number of benzene rings is 2. The number of hydrogen-bond acceptors (Lipinski definition) is 10. The standard InChI is InChI=1S/C32H36N2O9/c1-21-24(18-22-10-6-4-7-11-22)27(42-23-12-8-5-9-13-23)20-40-19-25(32(37)41-21)34-31(36)29-30(26(39-3)14-16-33-29)43-28(35)15-17-38-2/h4-14,16,21,24-25,27H,15,17-20H2,1-3H3,(H,34,36)/t21-,24-,25-,27-/m0/s1. The lowest BCUT2D eigenvalue weighted by Crippen LogP contribution is -2.46. The Hall–Kier alpha value is -4.48. The first-order valence-corrected chi connectivity index (χ1v) is 14.0. The molecule has 0 spiro atoms. The van der Waals surface area contributed by atoms with Gasteiger partial charge in [0, 0.05) is 25.3 Å². The van der Waals surface area contributed by atoms with Crippen molar-refractivity contribution in [2.24, 2.45) is 5.92 Å². The first kappa shape index (κ1) is 31.5. The molecule has 1 saturated heterocycles. The van der Waals surface area contributed by atoms with Gasteiger partial charge in [-0.15, -0.1) is 0 Å². The second-order valence-electron chi connectivity index (χ2n) is 9.94. The van der Waals surface area contributed by atoms with Gasteiger partial charge in [-0.1, -0.05) is 48.5 Å². The van der Waals surface area contributed by atoms with Crippen LogP contribution in [0.15, 0.2) is 72.9 Å². The number of ether oxygens (including phenoxy) is 6. The number of esters is 2. The molecule has 1 aliphatic heterocycles. The van der Waals surface area contributed by atoms with Crippen LogP contribution in [0.25, 0.3) is 0 Å². The lowest BCUT2D eigenvalue weighted by molar-refractivity contribution is -0.154. The predicted octanol–water partition coefficient (Wildman–Crippen LogP) is 3.40. The van der Waals surface area contributed by atoms with Crippen LogP contribution in [0.2, 0.25) is 0 Å². The molecule has 11 nitrogen and oxygen atoms in total. The molecule has 3 aromatic rings. The Kier molecular flexibility index (Phi) is 11.5. The van der Waals surface area contributed by atoms with Crippen molar-refractivity contribution in [3.63, 3.8) is 0 Å². The normalized spacial score (nSPS) is 20.5. The highest BCUT2D eigenvalue weighted by atomic mass is 16.6. The monoisotopic (exact) mass is 592 g/mol. The van der Waals surface area contributed by atoms with E-state index in [0.717, 1.165) is 5.56 Å². The third-order valence-corrected chi connectivity index (χ3v) is 6.91. The fraction of sp³-hybridized carbons (Fsp3) is 0.375. The van der Waals surface area contributed by atoms with Crippen molar-refractivity contribution in [1.29, 1.82) is 0 Å². The summed E-state index contributed by atoms with van der Waals surface area (Å²) in [5, 5.41) is 2.62. The zero-order valence-corrected chi connectivity index (χ0v) is 24.4. The number of carbonyl (C=O) groups excluding carboxylic acids is 3. The molecule has 43 heavy (non-hydrogen) atoms. The number of para-hydroxylation sites is 1. The van der Waals surface area contributed by atoms with E-state index in [9.17, 15) is 14.4 Å². The molecule has 11 heteroatoms. The van der Waals surface area contributed by atoms with Crippen LogP contribution < -0.4 is 19.5 Å². The van der Waals surface area contributed by atoms with E-state index in [1.165, 1.54) is 26.5 Å². The fourth-order valence-electron chi connectivity index (χ4n) is 4.66. The molecule has 0 aliphatic carbocycles. The minimum Gasteiger partial charge on any atom is -0.493 e. The van der Waals surface area contributed by atoms with E-state index in [1.807, 2.05) is 60.7 Å². The molecule has 0 unspecified atom stereocenters. The molecule has 0 radical (unpaired) electrons. The minimum atomic E-state index is -1.17. The Balaban J connectivity index is 1.54. The second-order valence-corrected chi connectivity index (χ2v) is 9.94. The molecule has 2 aromatic carbocycles. The number of hydrogen-bond donors (Lipinski definition) is 1. The van der Waals surface area contributed by atoms with Crippen LogP contribution >= 0.6 is 0 Å². The molecule has 4 rings (SSSR count). The fourth-order valence-corrected chi connectivity index (χ4v) is 4.66. The second kappa shape index (κ2) is 15.7. The summed E-state index contributed by atoms with van der Waals surface area (Å²) in [5.41, 5.74) is 0.816. The molecule has 1 amide bonds. The third kappa shape index (κ3) is 8.76. The van der Waals surface area contributed by atoms with Crippen molar-refractivity contribution in [3.8, 4) is 17.2 Å². The average Bonchev–Trinajstić information content (AvgIpc) is 3.06. The number of pyridine rings is 1. The number of rotatable bonds is 11. The Morgan fingerprint density at radius 1 is 1.00 bits per heavy atom. The SMILES string of the molecule is COCCC(=O)Oc1c(OC)ccnc1C(=O)N[C@H]1COC[C@H](Oc2ccccc2)[C@@H](Cc2ccccc2)[C@H](C)OC1=O. The summed E-state index contributed by atoms with van der Waals surface area (Å²) >= 11 is 0. The number of nitrogens with zero attached hydrogens (tertiary/aromatic N) is 1. The maximum Gasteiger partial charge on any atom is 0.331 e. The predicted molar refractivity (Wildman–Crippen MR) is 155 cm³/mol. The lowest BCUT2D eigenvalue weighted by Gasteiger charge is -2.31. The number of carbonyl (C=O) groups is 3. The van der Waals surface area contributed by atoms with Gasteiger partial charge in [-0.3, -0.25) is 9.59 Å². The molecule has 1 aromatic heterocycles. The van der Waals surface area contributed by atoms with Crippen LogP contribution in [-0.2, 0) is 30.2 Å². The Morgan fingerprint density at radius 2 is 1.72 bits per heavy atom. The summed E-state index contributed by atoms with van der Waals surface area (Å²) in [4.78, 5) is 43.2. The molecule has 228 valence electrons. The summed E-state index contributed by atoms with van der Waals surface area (Å²) < 4.78 is 33.8. The van der Waals surface area contributed by atoms with Crippen molar-refractivity contribution in [2.75, 3.05) is 34.0 Å². The Labute approximate surface area is 250 Å². The molecule has 1 aliphatic rings. The summed E-state index contributed by atoms with van der Waals surface area (Å²) in [6.45, 7) is 1.89. The van der Waals surface area contributed by atoms with E-state index in [0.29, 0.717) is 12.2 Å². The molecule has 4 atom stereocenters. The van der Waals surface area contributed by atoms with E-state index in [1.54, 1.807) is 6.92 Å². The number of aromatic nitrogens is 1. The van der Waals surface area contributed by atoms with Crippen molar-refractivity contribution < 1.29 is 42.8 Å². The smallest absolute Gasteiger partial charge is 0.331 e. The molecular weight excluding hydrogens is 556 g/mol. The van der Waals surface area contributed by atoms with Crippen molar-refractivity contribution >= 4 is 17.8 Å². The van der Waals surface area contributed by atoms with Gasteiger partial charge >= 0.3 is 11.9 Å². The first-order chi connectivity index (χ1) is 20.9. The van der Waals surface area contributed by atoms with Crippen molar-refractivity contribution in [2.45, 2.75) is 38.0 Å². The number of amides is 1. The quantitative estimate of drug-likeness (QED) is 0.331. The minimum absolute atomic E-state index is 0.0490. The van der Waals surface area contributed by atoms with E-state index in [-0.39, 0.29) is 49.4 Å². The Bertz CT molecular complexity index is 1350. The molecule has 2 heterocycles. The summed E-state index contributed by atoms with van der Waals surface area (Å²) in [7, 11) is 2.82. The lowest BCUT2D eigenvalue weighted by atomic mass is 9.89. The van der Waals surface area contributed by atoms with Crippen LogP contribution in [0.1, 0.15) is 29.4 Å². The highest BCUT2D eigenvalue weighted by Crippen LogP contribution is 2.30. The van der Waals surface area contributed by atoms with Crippen molar-refractivity contribution in [1.82, 2.24) is 10.3 Å². The maximum absolute atomic E-state index is 13.4. The zero-order valence-electron chi connectivity index (χ0n) is 24.4. The van der Waals surface area contributed by atoms with E-state index < -0.39 is 36.1 Å². The van der Waals surface area contributed by atoms with Gasteiger partial charge in [-0.25, -0.2) is 9.78 Å². The molecular formula is C32H36N2O9. The van der Waals surface area contributed by atoms with E-state index in [4.69, 9.17) is 28.4 Å². The highest BCUT2D eigenvalue weighted by Gasteiger charge is 2.37. The first-order valence-electron chi connectivity index (χ1n) is 14.0. The van der Waals surface area contributed by atoms with E-state index >= 15 is 0 Å². The van der Waals surface area contributed by atoms with Gasteiger partial charge in [0.05, 0.1) is 33.4 Å². The van der Waals surface area contributed by atoms with Crippen LogP contribution in [-0.4, -0.2) is 75.1 Å². The van der Waals surface area contributed by atoms with Crippen LogP contribution in [0.5, 0.6) is 17.2 Å². The van der Waals surface area contributed by atoms with Gasteiger partial charge in [-0.2, -0.15) is 0 Å². The maximum atomic E-state index is 13.4. The van der Waals surface area contributed by atoms with E-state index in [2.05, 4.69) is 10.3 Å². The molecule has 1 fully saturated rings. The van der Waals surface area contributed by atoms with Crippen LogP contribution in [0.3, 0.4) is 0 Å². The summed E-state index contributed by atoms with van der Waals surface area (Å²) in [5.74, 6) is -1.75. The third-order valence-electron chi connectivity index (χ3n) is 6.91. The molecule has 1 N–H and O–H groups in total. The van der Waals surface area contributed by atoms with Crippen LogP contribution in [0.4, 0.5) is 0 Å². The van der Waals surface area contributed by atoms with Gasteiger partial charge in [0.2, 0.25) is 5.75 Å². The average molecular weight is 593 g/mol. The number of methoxy groups -OCH3 is 2. The van der Waals surface area contributed by atoms with Gasteiger partial charge in [0.1, 0.15) is 18.0 Å². The Morgan fingerprint density at radius 3 is 2.42 bits per heavy atom. The summed E-state index contributed by atoms with van der Waals surface area (Å²) in [6, 6.07) is 19.5. The van der Waals surface area contributed by atoms with Gasteiger partial charge in [0.25, 0.3) is 5.91 Å². The largest absolute Gasteiger partial charge is 0.493 e. The van der Waals surface area contributed by atoms with Gasteiger partial charge < -0.3 is 33.7 Å².